The molecule has 42 heteroatoms. The Morgan fingerprint density at radius 2 is 0.969 bits per heavy atom. The van der Waals surface area contributed by atoms with Gasteiger partial charge in [-0.25, -0.2) is 4.79 Å². The normalized spacial score (nSPS) is 51.9. The lowest BCUT2D eigenvalue weighted by atomic mass is 9.33. The van der Waals surface area contributed by atoms with Gasteiger partial charge in [0.2, 0.25) is 6.29 Å². The lowest BCUT2D eigenvalue weighted by molar-refractivity contribution is -0.390. The Morgan fingerprint density at radius 3 is 1.59 bits per heavy atom. The van der Waals surface area contributed by atoms with Gasteiger partial charge in [-0.05, 0) is 132 Å². The second-order valence-corrected chi connectivity index (χ2v) is 40.0. The van der Waals surface area contributed by atoms with Gasteiger partial charge in [0.15, 0.2) is 50.1 Å². The van der Waals surface area contributed by atoms with Crippen molar-refractivity contribution >= 4 is 11.9 Å². The van der Waals surface area contributed by atoms with E-state index in [9.17, 15) is 122 Å². The van der Waals surface area contributed by atoms with Crippen LogP contribution < -0.4 is 0 Å². The maximum absolute atomic E-state index is 16.7. The summed E-state index contributed by atoms with van der Waals surface area (Å²) in [4.78, 5) is 31.5. The summed E-state index contributed by atoms with van der Waals surface area (Å²) in [6, 6.07) is 0. The van der Waals surface area contributed by atoms with E-state index in [0.29, 0.717) is 32.1 Å². The highest BCUT2D eigenvalue weighted by molar-refractivity contribution is 5.88. The number of ether oxygens (including phenoxy) is 17. The quantitative estimate of drug-likeness (QED) is 0.0166. The number of aliphatic hydroxyl groups is 23. The van der Waals surface area contributed by atoms with Gasteiger partial charge < -0.3 is 198 Å². The van der Waals surface area contributed by atoms with Crippen LogP contribution in [-0.4, -0.2) is 420 Å². The second-order valence-electron chi connectivity index (χ2n) is 40.0. The molecule has 4 saturated carbocycles. The molecule has 23 N–H and O–H groups in total. The number of allylic oxidation sites excluding steroid dienone is 3. The van der Waals surface area contributed by atoms with Crippen molar-refractivity contribution in [3.05, 3.63) is 36.0 Å². The lowest BCUT2D eigenvalue weighted by Crippen LogP contribution is -2.70. The Kier molecular flexibility index (Phi) is 31.3. The van der Waals surface area contributed by atoms with E-state index in [1.54, 1.807) is 13.0 Å². The fourth-order valence-corrected chi connectivity index (χ4v) is 23.0. The van der Waals surface area contributed by atoms with Crippen LogP contribution in [0.25, 0.3) is 0 Å². The minimum atomic E-state index is -2.25. The van der Waals surface area contributed by atoms with E-state index in [4.69, 9.17) is 80.5 Å². The van der Waals surface area contributed by atoms with Crippen LogP contribution in [0, 0.1) is 50.2 Å². The maximum Gasteiger partial charge on any atom is 0.333 e. The number of esters is 2. The third kappa shape index (κ3) is 18.6. The van der Waals surface area contributed by atoms with Crippen molar-refractivity contribution in [3.8, 4) is 0 Å². The zero-order valence-electron chi connectivity index (χ0n) is 74.0. The van der Waals surface area contributed by atoms with E-state index in [0.717, 1.165) is 5.57 Å². The highest BCUT2D eigenvalue weighted by Crippen LogP contribution is 2.76. The first-order chi connectivity index (χ1) is 59.9. The van der Waals surface area contributed by atoms with Crippen LogP contribution in [0.1, 0.15) is 147 Å². The van der Waals surface area contributed by atoms with Crippen LogP contribution >= 0.6 is 0 Å². The van der Waals surface area contributed by atoms with Crippen LogP contribution in [0.3, 0.4) is 0 Å². The Bertz CT molecular complexity index is 3820. The van der Waals surface area contributed by atoms with Crippen molar-refractivity contribution in [2.75, 3.05) is 33.0 Å². The molecule has 0 aromatic rings. The van der Waals surface area contributed by atoms with Gasteiger partial charge in [0.05, 0.1) is 69.2 Å². The molecule has 5 aliphatic carbocycles. The fourth-order valence-electron chi connectivity index (χ4n) is 23.0. The number of fused-ring (bicyclic) bond motifs is 7. The SMILES string of the molecule is C=C[C@](C)(CC/C=C(\C)C(=O)O[C@H]1C[C@]2(C(=O)O[C@@H]3O[C@H](CO)[C@@H](O)[C@H](O)[C@H]3O[C@@H]3O[C@@H](C)[C@H](O[C@@H]4O[C@@H](CO)[C@H](O)[C@H]4O)[C@@H](O[C@@H]4O[C@H](CO)[C@@H](O)[C@H](O)[C@H]4O)[C@H]3O)[C@@H](O)C[C@]3(C)C(=CC[C@@H]4[C@@]5(C)CC[C@H](O[C@@H]6O[C@H](CO[C@@H]7O[C@H](C)[C@H](O)[C@H](O)[C@H]7O[C@@H]7OC[C@@H](O)[C@H](O)[C@H]7O)[C@@H](O)[C@H](O)[C@H]6O)C(C)(C)[C@@H]5CC[C@]43C)[C@@H]2CC1(C)C)O[C@@H]1O[C@H](C)[C@@H](O)[C@H](O)[C@H]1O. The van der Waals surface area contributed by atoms with Crippen LogP contribution in [0.5, 0.6) is 0 Å². The van der Waals surface area contributed by atoms with Crippen LogP contribution in [0.2, 0.25) is 0 Å². The number of rotatable bonds is 26. The van der Waals surface area contributed by atoms with Gasteiger partial charge in [0.1, 0.15) is 170 Å². The molecule has 0 unspecified atom stereocenters. The van der Waals surface area contributed by atoms with Crippen molar-refractivity contribution in [3.63, 3.8) is 0 Å². The standard InChI is InChI=1S/C86H138O42/c1-14-82(10,128-76-64(108)55(99)48(92)33(3)114-76)21-15-16-32(2)70(110)121-47-26-86(79(111)127-78-69(59(103)52(96)40(28-88)119-78)126-75-65(109)67(124-74-63(107)56(100)51(95)39(27-87)117-74)66(35(5)116-75)123-73-61(105)53(97)41(29-89)118-73)37(24-80(47,6)7)36-17-18-44-83(11)22-20-46(81(8,9)43(83)19-23-84(44,12)85(36,13)25-45(86)91)122-72-62(106)57(101)54(98)42(120-72)31-113-77-68(58(102)49(93)34(4)115-77)125-71-60(104)50(94)38(90)30-112-71/h14,16-17,33-35,37-69,71-78,87-109H,1,15,18-31H2,2-13H3/b32-16+/t33-,34-,35+,37+,38-,39-,40-,41+,42-,43+,44-,45+,46+,47+,48-,49+,50+,51-,52-,53+,54-,55+,56+,57+,58+,59+,60-,61-,62-,63-,64-,65-,66+,67+,68-,69-,71+,72+,73+,74+,75+,76+,77-,78+,82-,83+,84-,85-,86-/m1/s1. The molecule has 8 heterocycles. The highest BCUT2D eigenvalue weighted by Gasteiger charge is 2.74. The highest BCUT2D eigenvalue weighted by atomic mass is 16.8. The predicted molar refractivity (Wildman–Crippen MR) is 428 cm³/mol. The van der Waals surface area contributed by atoms with Gasteiger partial charge in [0.25, 0.3) is 0 Å². The average molecular weight is 1840 g/mol. The van der Waals surface area contributed by atoms with Gasteiger partial charge in [-0.2, -0.15) is 0 Å². The monoisotopic (exact) mass is 1840 g/mol. The molecule has 42 nitrogen and oxygen atoms in total. The van der Waals surface area contributed by atoms with Crippen LogP contribution in [0.15, 0.2) is 36.0 Å². The number of hydrogen-bond donors (Lipinski definition) is 23. The lowest BCUT2D eigenvalue weighted by Gasteiger charge is -2.72. The zero-order chi connectivity index (χ0) is 94.0. The molecular formula is C86H138O42. The summed E-state index contributed by atoms with van der Waals surface area (Å²) in [6.45, 7) is 21.9. The number of carbonyl (C=O) groups excluding carboxylic acids is 2. The van der Waals surface area contributed by atoms with Gasteiger partial charge in [0, 0.05) is 17.4 Å². The van der Waals surface area contributed by atoms with Crippen molar-refractivity contribution < 1.29 is 208 Å². The first-order valence-corrected chi connectivity index (χ1v) is 44.6. The minimum absolute atomic E-state index is 0.0265. The molecule has 13 aliphatic rings. The average Bonchev–Trinajstić information content (AvgIpc) is 0.883. The summed E-state index contributed by atoms with van der Waals surface area (Å²) in [5.74, 6) is -3.30. The molecule has 0 radical (unpaired) electrons. The summed E-state index contributed by atoms with van der Waals surface area (Å²) < 4.78 is 104. The Labute approximate surface area is 740 Å². The molecule has 0 amide bonds. The van der Waals surface area contributed by atoms with Crippen LogP contribution in [-0.2, 0) is 90.1 Å². The van der Waals surface area contributed by atoms with E-state index < -0.39 is 347 Å². The molecule has 0 spiro atoms. The molecule has 49 atom stereocenters. The summed E-state index contributed by atoms with van der Waals surface area (Å²) in [5.41, 5.74) is -6.48. The van der Waals surface area contributed by atoms with Gasteiger partial charge in [-0.15, -0.1) is 6.58 Å². The van der Waals surface area contributed by atoms with Gasteiger partial charge in [-0.1, -0.05) is 72.3 Å². The predicted octanol–water partition coefficient (Wildman–Crippen LogP) is -6.22. The largest absolute Gasteiger partial charge is 0.458 e. The molecule has 8 saturated heterocycles. The van der Waals surface area contributed by atoms with Gasteiger partial charge in [-0.3, -0.25) is 4.79 Å². The molecule has 12 fully saturated rings. The van der Waals surface area contributed by atoms with Crippen molar-refractivity contribution in [1.29, 1.82) is 0 Å². The fraction of sp³-hybridized carbons (Fsp3) is 0.907. The van der Waals surface area contributed by atoms with E-state index in [-0.39, 0.29) is 43.1 Å². The minimum Gasteiger partial charge on any atom is -0.458 e. The van der Waals surface area contributed by atoms with E-state index in [2.05, 4.69) is 47.3 Å². The molecule has 0 aromatic carbocycles. The zero-order valence-corrected chi connectivity index (χ0v) is 74.0. The molecule has 13 rings (SSSR count). The molecule has 0 bridgehead atoms. The molecule has 128 heavy (non-hydrogen) atoms. The first kappa shape index (κ1) is 102. The summed E-state index contributed by atoms with van der Waals surface area (Å²) in [7, 11) is 0. The molecular weight excluding hydrogens is 1700 g/mol. The summed E-state index contributed by atoms with van der Waals surface area (Å²) in [5, 5.41) is 256. The Morgan fingerprint density at radius 1 is 0.484 bits per heavy atom. The molecule has 0 aromatic heterocycles. The van der Waals surface area contributed by atoms with Gasteiger partial charge >= 0.3 is 11.9 Å². The number of aliphatic hydroxyl groups excluding tert-OH is 23. The van der Waals surface area contributed by atoms with E-state index >= 15 is 4.79 Å². The topological polar surface area (TPSA) is 656 Å². The third-order valence-electron chi connectivity index (χ3n) is 31.4. The second kappa shape index (κ2) is 39.3. The number of carbonyl (C=O) groups is 2. The van der Waals surface area contributed by atoms with E-state index in [1.165, 1.54) is 33.8 Å². The molecule has 8 aliphatic heterocycles. The van der Waals surface area contributed by atoms with Crippen molar-refractivity contribution in [1.82, 2.24) is 0 Å². The Balaban J connectivity index is 0.783. The summed E-state index contributed by atoms with van der Waals surface area (Å²) >= 11 is 0. The maximum atomic E-state index is 16.7. The smallest absolute Gasteiger partial charge is 0.333 e. The van der Waals surface area contributed by atoms with Crippen LogP contribution in [0.4, 0.5) is 0 Å². The summed E-state index contributed by atoms with van der Waals surface area (Å²) in [6.07, 6.45) is -62.0. The molecule has 734 valence electrons. The van der Waals surface area contributed by atoms with Crippen molar-refractivity contribution in [2.45, 2.75) is 405 Å². The van der Waals surface area contributed by atoms with E-state index in [1.807, 2.05) is 13.8 Å². The van der Waals surface area contributed by atoms with Crippen molar-refractivity contribution in [2.24, 2.45) is 50.2 Å². The third-order valence-corrected chi connectivity index (χ3v) is 31.4. The Hall–Kier alpha value is -3.36. The number of hydrogen-bond acceptors (Lipinski definition) is 42. The first-order valence-electron chi connectivity index (χ1n) is 44.6.